The van der Waals surface area contributed by atoms with Crippen LogP contribution in [0.1, 0.15) is 25.6 Å². The minimum atomic E-state index is -1.24. The number of carboxylic acids is 1. The first-order chi connectivity index (χ1) is 9.20. The molecule has 20 heavy (non-hydrogen) atoms. The van der Waals surface area contributed by atoms with Gasteiger partial charge in [0.1, 0.15) is 5.54 Å². The second-order valence-electron chi connectivity index (χ2n) is 4.95. The molecule has 7 heteroatoms. The molecule has 0 aliphatic heterocycles. The van der Waals surface area contributed by atoms with Gasteiger partial charge in [-0.15, -0.1) is 11.3 Å². The summed E-state index contributed by atoms with van der Waals surface area (Å²) in [6, 6.07) is 3.32. The predicted octanol–water partition coefficient (Wildman–Crippen LogP) is 3.14. The molecule has 0 radical (unpaired) electrons. The van der Waals surface area contributed by atoms with E-state index in [0.717, 1.165) is 4.88 Å². The zero-order chi connectivity index (χ0) is 15.5. The molecule has 0 aliphatic rings. The van der Waals surface area contributed by atoms with Crippen LogP contribution in [0.15, 0.2) is 12.1 Å². The van der Waals surface area contributed by atoms with Gasteiger partial charge in [0.05, 0.1) is 10.9 Å². The van der Waals surface area contributed by atoms with E-state index in [0.29, 0.717) is 17.4 Å². The summed E-state index contributed by atoms with van der Waals surface area (Å²) in [6.45, 7) is 5.54. The molecule has 0 aliphatic carbocycles. The third kappa shape index (κ3) is 3.64. The summed E-state index contributed by atoms with van der Waals surface area (Å²) in [4.78, 5) is 27.5. The predicted molar refractivity (Wildman–Crippen MR) is 80.3 cm³/mol. The number of hydrogen-bond donors (Lipinski definition) is 1. The van der Waals surface area contributed by atoms with Crippen LogP contribution >= 0.6 is 22.9 Å². The van der Waals surface area contributed by atoms with E-state index in [1.807, 2.05) is 6.07 Å². The number of carboxylic acid groups (broad SMARTS) is 1. The van der Waals surface area contributed by atoms with Crippen molar-refractivity contribution in [1.29, 1.82) is 0 Å². The minimum Gasteiger partial charge on any atom is -0.480 e. The summed E-state index contributed by atoms with van der Waals surface area (Å²) >= 11 is 7.26. The summed E-state index contributed by atoms with van der Waals surface area (Å²) in [5, 5.41) is 9.24. The van der Waals surface area contributed by atoms with Gasteiger partial charge < -0.3 is 14.9 Å². The number of carbonyl (C=O) groups is 2. The van der Waals surface area contributed by atoms with Crippen LogP contribution in [-0.4, -0.2) is 46.0 Å². The normalized spacial score (nSPS) is 11.2. The van der Waals surface area contributed by atoms with Gasteiger partial charge in [0.15, 0.2) is 0 Å². The van der Waals surface area contributed by atoms with Crippen LogP contribution in [0, 0.1) is 0 Å². The zero-order valence-corrected chi connectivity index (χ0v) is 13.6. The van der Waals surface area contributed by atoms with Crippen molar-refractivity contribution in [3.05, 3.63) is 21.3 Å². The monoisotopic (exact) mass is 318 g/mol. The van der Waals surface area contributed by atoms with Crippen molar-refractivity contribution in [2.75, 3.05) is 13.6 Å². The number of aliphatic carboxylic acids is 1. The lowest BCUT2D eigenvalue weighted by atomic mass is 10.0. The van der Waals surface area contributed by atoms with Crippen LogP contribution < -0.4 is 0 Å². The average molecular weight is 319 g/mol. The Morgan fingerprint density at radius 2 is 2.00 bits per heavy atom. The number of likely N-dealkylation sites (N-methyl/N-ethyl adjacent to an activating group) is 1. The maximum atomic E-state index is 12.4. The fourth-order valence-corrected chi connectivity index (χ4v) is 2.97. The fourth-order valence-electron chi connectivity index (χ4n) is 1.83. The summed E-state index contributed by atoms with van der Waals surface area (Å²) in [5.74, 6) is -1.03. The SMILES string of the molecule is CCN(C(=O)N(C)Cc1ccc(Cl)s1)C(C)(C)C(=O)O. The number of thiophene rings is 1. The lowest BCUT2D eigenvalue weighted by Crippen LogP contribution is -2.56. The topological polar surface area (TPSA) is 60.9 Å². The standard InChI is InChI=1S/C13H19ClN2O3S/c1-5-16(13(2,3)11(17)18)12(19)15(4)8-9-6-7-10(14)20-9/h6-7H,5,8H2,1-4H3,(H,17,18). The van der Waals surface area contributed by atoms with Gasteiger partial charge in [0.2, 0.25) is 0 Å². The van der Waals surface area contributed by atoms with Gasteiger partial charge in [-0.3, -0.25) is 0 Å². The first-order valence-corrected chi connectivity index (χ1v) is 7.40. The van der Waals surface area contributed by atoms with E-state index in [9.17, 15) is 14.7 Å². The summed E-state index contributed by atoms with van der Waals surface area (Å²) < 4.78 is 0.666. The molecule has 2 amide bonds. The smallest absolute Gasteiger partial charge is 0.329 e. The lowest BCUT2D eigenvalue weighted by Gasteiger charge is -2.36. The molecule has 0 aromatic carbocycles. The maximum Gasteiger partial charge on any atom is 0.329 e. The number of nitrogens with zero attached hydrogens (tertiary/aromatic N) is 2. The van der Waals surface area contributed by atoms with Gasteiger partial charge in [-0.2, -0.15) is 0 Å². The Morgan fingerprint density at radius 1 is 1.40 bits per heavy atom. The molecule has 0 saturated heterocycles. The summed E-state index contributed by atoms with van der Waals surface area (Å²) in [7, 11) is 1.65. The van der Waals surface area contributed by atoms with E-state index in [1.165, 1.54) is 35.0 Å². The van der Waals surface area contributed by atoms with Gasteiger partial charge in [-0.25, -0.2) is 9.59 Å². The Bertz CT molecular complexity index is 502. The second kappa shape index (κ2) is 6.45. The molecular weight excluding hydrogens is 300 g/mol. The molecule has 0 atom stereocenters. The molecule has 1 heterocycles. The number of hydrogen-bond acceptors (Lipinski definition) is 3. The third-order valence-electron chi connectivity index (χ3n) is 3.09. The van der Waals surface area contributed by atoms with Crippen LogP contribution in [0.2, 0.25) is 4.34 Å². The highest BCUT2D eigenvalue weighted by molar-refractivity contribution is 7.16. The van der Waals surface area contributed by atoms with E-state index >= 15 is 0 Å². The molecule has 1 rings (SSSR count). The van der Waals surface area contributed by atoms with Gasteiger partial charge in [-0.05, 0) is 32.9 Å². The van der Waals surface area contributed by atoms with Crippen LogP contribution in [-0.2, 0) is 11.3 Å². The molecule has 0 spiro atoms. The van der Waals surface area contributed by atoms with Crippen molar-refractivity contribution in [1.82, 2.24) is 9.80 Å². The Balaban J connectivity index is 2.83. The first kappa shape index (κ1) is 16.8. The Kier molecular flexibility index (Phi) is 5.42. The van der Waals surface area contributed by atoms with Crippen molar-refractivity contribution >= 4 is 34.9 Å². The van der Waals surface area contributed by atoms with Crippen LogP contribution in [0.25, 0.3) is 0 Å². The lowest BCUT2D eigenvalue weighted by molar-refractivity contribution is -0.147. The first-order valence-electron chi connectivity index (χ1n) is 6.20. The highest BCUT2D eigenvalue weighted by atomic mass is 35.5. The number of urea groups is 1. The van der Waals surface area contributed by atoms with E-state index in [-0.39, 0.29) is 6.03 Å². The largest absolute Gasteiger partial charge is 0.480 e. The second-order valence-corrected chi connectivity index (χ2v) is 6.75. The summed E-state index contributed by atoms with van der Waals surface area (Å²) in [5.41, 5.74) is -1.24. The molecule has 0 fully saturated rings. The molecule has 0 unspecified atom stereocenters. The molecule has 5 nitrogen and oxygen atoms in total. The van der Waals surface area contributed by atoms with Crippen LogP contribution in [0.3, 0.4) is 0 Å². The van der Waals surface area contributed by atoms with Crippen LogP contribution in [0.5, 0.6) is 0 Å². The third-order valence-corrected chi connectivity index (χ3v) is 4.31. The van der Waals surface area contributed by atoms with Gasteiger partial charge in [-0.1, -0.05) is 11.6 Å². The molecule has 0 saturated carbocycles. The molecule has 1 N–H and O–H groups in total. The molecular formula is C13H19ClN2O3S. The van der Waals surface area contributed by atoms with E-state index in [4.69, 9.17) is 11.6 Å². The van der Waals surface area contributed by atoms with Crippen molar-refractivity contribution < 1.29 is 14.7 Å². The van der Waals surface area contributed by atoms with Crippen molar-refractivity contribution in [2.24, 2.45) is 0 Å². The maximum absolute atomic E-state index is 12.4. The van der Waals surface area contributed by atoms with Crippen molar-refractivity contribution in [3.8, 4) is 0 Å². The Morgan fingerprint density at radius 3 is 2.40 bits per heavy atom. The Labute approximate surface area is 127 Å². The molecule has 0 bridgehead atoms. The van der Waals surface area contributed by atoms with Gasteiger partial charge >= 0.3 is 12.0 Å². The molecule has 112 valence electrons. The highest BCUT2D eigenvalue weighted by Crippen LogP contribution is 2.23. The number of halogens is 1. The molecule has 1 aromatic heterocycles. The van der Waals surface area contributed by atoms with E-state index in [1.54, 1.807) is 20.0 Å². The number of carbonyl (C=O) groups excluding carboxylic acids is 1. The number of rotatable bonds is 5. The Hall–Kier alpha value is -1.27. The average Bonchev–Trinajstić information content (AvgIpc) is 2.74. The molecule has 1 aromatic rings. The van der Waals surface area contributed by atoms with Crippen molar-refractivity contribution in [3.63, 3.8) is 0 Å². The quantitative estimate of drug-likeness (QED) is 0.907. The minimum absolute atomic E-state index is 0.315. The van der Waals surface area contributed by atoms with Gasteiger partial charge in [0.25, 0.3) is 0 Å². The highest BCUT2D eigenvalue weighted by Gasteiger charge is 2.38. The van der Waals surface area contributed by atoms with Crippen molar-refractivity contribution in [2.45, 2.75) is 32.9 Å². The van der Waals surface area contributed by atoms with Crippen LogP contribution in [0.4, 0.5) is 4.79 Å². The van der Waals surface area contributed by atoms with E-state index in [2.05, 4.69) is 0 Å². The van der Waals surface area contributed by atoms with Gasteiger partial charge in [0, 0.05) is 18.5 Å². The van der Waals surface area contributed by atoms with E-state index < -0.39 is 11.5 Å². The zero-order valence-electron chi connectivity index (χ0n) is 12.0. The number of amides is 2. The fraction of sp³-hybridized carbons (Fsp3) is 0.538. The summed E-state index contributed by atoms with van der Waals surface area (Å²) in [6.07, 6.45) is 0.